The maximum atomic E-state index is 11.7. The second-order valence-electron chi connectivity index (χ2n) is 4.41. The molecule has 0 unspecified atom stereocenters. The van der Waals surface area contributed by atoms with Gasteiger partial charge in [-0.1, -0.05) is 36.4 Å². The second kappa shape index (κ2) is 4.98. The number of fused-ring (bicyclic) bond motifs is 1. The molecule has 4 heteroatoms. The Morgan fingerprint density at radius 3 is 2.55 bits per heavy atom. The van der Waals surface area contributed by atoms with Crippen molar-refractivity contribution >= 4 is 33.1 Å². The van der Waals surface area contributed by atoms with Gasteiger partial charge in [0.05, 0.1) is 12.8 Å². The minimum absolute atomic E-state index is 0.384. The summed E-state index contributed by atoms with van der Waals surface area (Å²) < 4.78 is 5.74. The van der Waals surface area contributed by atoms with Crippen molar-refractivity contribution in [2.75, 3.05) is 12.8 Å². The Hall–Kier alpha value is -2.33. The molecule has 3 aromatic rings. The molecule has 0 saturated carbocycles. The number of rotatable bonds is 2. The molecule has 0 saturated heterocycles. The Morgan fingerprint density at radius 1 is 1.10 bits per heavy atom. The molecular formula is C16H13NO2S. The van der Waals surface area contributed by atoms with Gasteiger partial charge in [-0.05, 0) is 23.3 Å². The molecule has 0 aliphatic rings. The number of hydrogen-bond donors (Lipinski definition) is 1. The van der Waals surface area contributed by atoms with Crippen LogP contribution in [0.3, 0.4) is 0 Å². The number of nitrogen functional groups attached to an aromatic ring is 1. The zero-order valence-electron chi connectivity index (χ0n) is 10.9. The molecule has 0 aliphatic heterocycles. The van der Waals surface area contributed by atoms with E-state index in [1.54, 1.807) is 0 Å². The Morgan fingerprint density at radius 2 is 1.85 bits per heavy atom. The molecule has 0 atom stereocenters. The highest BCUT2D eigenvalue weighted by Crippen LogP contribution is 2.36. The second-order valence-corrected chi connectivity index (χ2v) is 5.47. The van der Waals surface area contributed by atoms with Crippen LogP contribution in [0.25, 0.3) is 21.2 Å². The molecule has 20 heavy (non-hydrogen) atoms. The van der Waals surface area contributed by atoms with E-state index in [-0.39, 0.29) is 5.97 Å². The van der Waals surface area contributed by atoms with Crippen molar-refractivity contribution in [2.24, 2.45) is 0 Å². The van der Waals surface area contributed by atoms with Gasteiger partial charge in [0, 0.05) is 10.1 Å². The fourth-order valence-electron chi connectivity index (χ4n) is 2.17. The SMILES string of the molecule is COC(=O)c1sc2ccc(-c3ccccc3)cc2c1N. The van der Waals surface area contributed by atoms with Gasteiger partial charge < -0.3 is 10.5 Å². The number of nitrogens with two attached hydrogens (primary N) is 1. The fourth-order valence-corrected chi connectivity index (χ4v) is 3.19. The van der Waals surface area contributed by atoms with Gasteiger partial charge in [0.1, 0.15) is 4.88 Å². The molecule has 1 heterocycles. The summed E-state index contributed by atoms with van der Waals surface area (Å²) in [4.78, 5) is 12.1. The van der Waals surface area contributed by atoms with Crippen LogP contribution in [0.4, 0.5) is 5.69 Å². The van der Waals surface area contributed by atoms with E-state index < -0.39 is 0 Å². The number of benzene rings is 2. The van der Waals surface area contributed by atoms with Crippen LogP contribution in [-0.2, 0) is 4.74 Å². The van der Waals surface area contributed by atoms with Crippen LogP contribution in [0.1, 0.15) is 9.67 Å². The van der Waals surface area contributed by atoms with Crippen LogP contribution in [0.15, 0.2) is 48.5 Å². The summed E-state index contributed by atoms with van der Waals surface area (Å²) in [5.41, 5.74) is 8.77. The molecule has 2 N–H and O–H groups in total. The number of carbonyl (C=O) groups excluding carboxylic acids is 1. The highest BCUT2D eigenvalue weighted by molar-refractivity contribution is 7.21. The van der Waals surface area contributed by atoms with Gasteiger partial charge in [0.15, 0.2) is 0 Å². The van der Waals surface area contributed by atoms with Gasteiger partial charge in [-0.15, -0.1) is 11.3 Å². The molecular weight excluding hydrogens is 270 g/mol. The Balaban J connectivity index is 2.17. The summed E-state index contributed by atoms with van der Waals surface area (Å²) >= 11 is 1.36. The van der Waals surface area contributed by atoms with Crippen LogP contribution >= 0.6 is 11.3 Å². The standard InChI is InChI=1S/C16H13NO2S/c1-19-16(18)15-14(17)12-9-11(7-8-13(12)20-15)10-5-3-2-4-6-10/h2-9H,17H2,1H3. The Kier molecular flexibility index (Phi) is 3.16. The van der Waals surface area contributed by atoms with Gasteiger partial charge in [-0.3, -0.25) is 0 Å². The first-order valence-electron chi connectivity index (χ1n) is 6.16. The smallest absolute Gasteiger partial charge is 0.350 e. The maximum Gasteiger partial charge on any atom is 0.350 e. The predicted octanol–water partition coefficient (Wildman–Crippen LogP) is 3.94. The zero-order chi connectivity index (χ0) is 14.1. The van der Waals surface area contributed by atoms with Crippen molar-refractivity contribution in [3.8, 4) is 11.1 Å². The van der Waals surface area contributed by atoms with Gasteiger partial charge in [0.25, 0.3) is 0 Å². The van der Waals surface area contributed by atoms with E-state index in [4.69, 9.17) is 10.5 Å². The fraction of sp³-hybridized carbons (Fsp3) is 0.0625. The van der Waals surface area contributed by atoms with Crippen LogP contribution in [0, 0.1) is 0 Å². The summed E-state index contributed by atoms with van der Waals surface area (Å²) in [5.74, 6) is -0.384. The predicted molar refractivity (Wildman–Crippen MR) is 83.0 cm³/mol. The van der Waals surface area contributed by atoms with Crippen molar-refractivity contribution in [1.29, 1.82) is 0 Å². The maximum absolute atomic E-state index is 11.7. The molecule has 2 aromatic carbocycles. The van der Waals surface area contributed by atoms with Crippen LogP contribution in [0.5, 0.6) is 0 Å². The molecule has 1 aromatic heterocycles. The molecule has 3 rings (SSSR count). The molecule has 0 radical (unpaired) electrons. The minimum Gasteiger partial charge on any atom is -0.465 e. The van der Waals surface area contributed by atoms with Crippen molar-refractivity contribution in [1.82, 2.24) is 0 Å². The largest absolute Gasteiger partial charge is 0.465 e. The number of thiophene rings is 1. The normalized spacial score (nSPS) is 10.7. The monoisotopic (exact) mass is 283 g/mol. The first kappa shape index (κ1) is 12.7. The number of hydrogen-bond acceptors (Lipinski definition) is 4. The first-order valence-corrected chi connectivity index (χ1v) is 6.98. The average Bonchev–Trinajstić information content (AvgIpc) is 2.84. The van der Waals surface area contributed by atoms with Gasteiger partial charge >= 0.3 is 5.97 Å². The van der Waals surface area contributed by atoms with E-state index >= 15 is 0 Å². The molecule has 0 amide bonds. The lowest BCUT2D eigenvalue weighted by Gasteiger charge is -2.02. The molecule has 3 nitrogen and oxygen atoms in total. The first-order chi connectivity index (χ1) is 9.70. The van der Waals surface area contributed by atoms with Gasteiger partial charge in [-0.2, -0.15) is 0 Å². The molecule has 0 aliphatic carbocycles. The highest BCUT2D eigenvalue weighted by atomic mass is 32.1. The third kappa shape index (κ3) is 2.04. The summed E-state index contributed by atoms with van der Waals surface area (Å²) in [5, 5.41) is 0.900. The molecule has 0 spiro atoms. The third-order valence-corrected chi connectivity index (χ3v) is 4.37. The van der Waals surface area contributed by atoms with Gasteiger partial charge in [0.2, 0.25) is 0 Å². The number of methoxy groups -OCH3 is 1. The van der Waals surface area contributed by atoms with E-state index in [0.717, 1.165) is 21.2 Å². The lowest BCUT2D eigenvalue weighted by atomic mass is 10.0. The Bertz CT molecular complexity index is 778. The lowest BCUT2D eigenvalue weighted by Crippen LogP contribution is -2.01. The number of ether oxygens (including phenoxy) is 1. The van der Waals surface area contributed by atoms with Crippen molar-refractivity contribution in [3.63, 3.8) is 0 Å². The van der Waals surface area contributed by atoms with E-state index in [0.29, 0.717) is 10.6 Å². The topological polar surface area (TPSA) is 52.3 Å². The summed E-state index contributed by atoms with van der Waals surface area (Å²) in [6.45, 7) is 0. The van der Waals surface area contributed by atoms with Crippen LogP contribution in [0.2, 0.25) is 0 Å². The molecule has 0 bridgehead atoms. The lowest BCUT2D eigenvalue weighted by molar-refractivity contribution is 0.0607. The highest BCUT2D eigenvalue weighted by Gasteiger charge is 2.17. The minimum atomic E-state index is -0.384. The zero-order valence-corrected chi connectivity index (χ0v) is 11.7. The van der Waals surface area contributed by atoms with E-state index in [9.17, 15) is 4.79 Å². The van der Waals surface area contributed by atoms with Crippen molar-refractivity contribution in [2.45, 2.75) is 0 Å². The van der Waals surface area contributed by atoms with E-state index in [1.165, 1.54) is 18.4 Å². The summed E-state index contributed by atoms with van der Waals surface area (Å²) in [7, 11) is 1.36. The average molecular weight is 283 g/mol. The summed E-state index contributed by atoms with van der Waals surface area (Å²) in [6.07, 6.45) is 0. The van der Waals surface area contributed by atoms with Gasteiger partial charge in [-0.25, -0.2) is 4.79 Å². The quantitative estimate of drug-likeness (QED) is 0.725. The van der Waals surface area contributed by atoms with Crippen LogP contribution < -0.4 is 5.73 Å². The van der Waals surface area contributed by atoms with Crippen LogP contribution in [-0.4, -0.2) is 13.1 Å². The number of esters is 1. The van der Waals surface area contributed by atoms with E-state index in [1.807, 2.05) is 48.5 Å². The summed E-state index contributed by atoms with van der Waals surface area (Å²) in [6, 6.07) is 16.1. The molecule has 100 valence electrons. The number of carbonyl (C=O) groups is 1. The Labute approximate surface area is 120 Å². The third-order valence-electron chi connectivity index (χ3n) is 3.20. The van der Waals surface area contributed by atoms with Crippen molar-refractivity contribution < 1.29 is 9.53 Å². The van der Waals surface area contributed by atoms with E-state index in [2.05, 4.69) is 0 Å². The number of anilines is 1. The van der Waals surface area contributed by atoms with Crippen molar-refractivity contribution in [3.05, 3.63) is 53.4 Å². The molecule has 0 fully saturated rings.